The van der Waals surface area contributed by atoms with Crippen molar-refractivity contribution >= 4 is 5.91 Å². The lowest BCUT2D eigenvalue weighted by atomic mass is 9.80. The van der Waals surface area contributed by atoms with E-state index in [0.29, 0.717) is 18.7 Å². The minimum Gasteiger partial charge on any atom is -0.344 e. The number of nitrogens with zero attached hydrogens (tertiary/aromatic N) is 2. The van der Waals surface area contributed by atoms with Crippen LogP contribution in [0.3, 0.4) is 0 Å². The van der Waals surface area contributed by atoms with Crippen molar-refractivity contribution in [3.05, 3.63) is 11.7 Å². The average molecular weight is 333 g/mol. The SMILES string of the molecule is Cc1noc([C@H](NC(=O)[C@H]2CCC[C@@H](C(F)(F)F)C2)C(C)C)n1. The van der Waals surface area contributed by atoms with Gasteiger partial charge in [0.15, 0.2) is 5.82 Å². The van der Waals surface area contributed by atoms with Gasteiger partial charge in [-0.3, -0.25) is 4.79 Å². The van der Waals surface area contributed by atoms with Gasteiger partial charge in [0.25, 0.3) is 0 Å². The highest BCUT2D eigenvalue weighted by molar-refractivity contribution is 5.79. The number of amides is 1. The molecule has 1 heterocycles. The Balaban J connectivity index is 2.04. The lowest BCUT2D eigenvalue weighted by Gasteiger charge is -2.31. The van der Waals surface area contributed by atoms with Crippen LogP contribution in [0.1, 0.15) is 57.3 Å². The third kappa shape index (κ3) is 4.45. The van der Waals surface area contributed by atoms with Gasteiger partial charge in [-0.15, -0.1) is 0 Å². The van der Waals surface area contributed by atoms with Gasteiger partial charge in [-0.2, -0.15) is 18.2 Å². The van der Waals surface area contributed by atoms with E-state index in [9.17, 15) is 18.0 Å². The molecule has 1 aliphatic rings. The lowest BCUT2D eigenvalue weighted by Crippen LogP contribution is -2.40. The molecule has 1 N–H and O–H groups in total. The van der Waals surface area contributed by atoms with E-state index in [1.807, 2.05) is 13.8 Å². The molecule has 3 atom stereocenters. The second-order valence-corrected chi connectivity index (χ2v) is 6.51. The maximum absolute atomic E-state index is 12.9. The van der Waals surface area contributed by atoms with Crippen LogP contribution in [0, 0.1) is 24.7 Å². The zero-order valence-electron chi connectivity index (χ0n) is 13.5. The first-order valence-electron chi connectivity index (χ1n) is 7.85. The maximum atomic E-state index is 12.9. The van der Waals surface area contributed by atoms with Crippen LogP contribution in [0.4, 0.5) is 13.2 Å². The molecule has 130 valence electrons. The van der Waals surface area contributed by atoms with Crippen molar-refractivity contribution in [2.45, 2.75) is 58.7 Å². The number of hydrogen-bond acceptors (Lipinski definition) is 4. The first-order chi connectivity index (χ1) is 10.7. The second-order valence-electron chi connectivity index (χ2n) is 6.51. The molecule has 1 saturated carbocycles. The van der Waals surface area contributed by atoms with Gasteiger partial charge in [0, 0.05) is 5.92 Å². The zero-order chi connectivity index (χ0) is 17.2. The highest BCUT2D eigenvalue weighted by Gasteiger charge is 2.44. The Bertz CT molecular complexity index is 542. The summed E-state index contributed by atoms with van der Waals surface area (Å²) in [7, 11) is 0. The minimum atomic E-state index is -4.24. The van der Waals surface area contributed by atoms with Crippen molar-refractivity contribution in [3.63, 3.8) is 0 Å². The molecule has 1 aliphatic carbocycles. The molecule has 0 unspecified atom stereocenters. The van der Waals surface area contributed by atoms with E-state index in [1.54, 1.807) is 6.92 Å². The summed E-state index contributed by atoms with van der Waals surface area (Å²) in [6.45, 7) is 5.43. The number of carbonyl (C=O) groups is 1. The normalized spacial score (nSPS) is 23.8. The Morgan fingerprint density at radius 1 is 1.35 bits per heavy atom. The molecule has 0 aromatic carbocycles. The van der Waals surface area contributed by atoms with E-state index >= 15 is 0 Å². The van der Waals surface area contributed by atoms with Gasteiger partial charge < -0.3 is 9.84 Å². The van der Waals surface area contributed by atoms with Crippen LogP contribution in [0.25, 0.3) is 0 Å². The van der Waals surface area contributed by atoms with Crippen molar-refractivity contribution < 1.29 is 22.5 Å². The van der Waals surface area contributed by atoms with Gasteiger partial charge in [-0.25, -0.2) is 0 Å². The van der Waals surface area contributed by atoms with Gasteiger partial charge in [-0.1, -0.05) is 25.4 Å². The van der Waals surface area contributed by atoms with Crippen LogP contribution in [-0.2, 0) is 4.79 Å². The van der Waals surface area contributed by atoms with Crippen molar-refractivity contribution in [1.82, 2.24) is 15.5 Å². The summed E-state index contributed by atoms with van der Waals surface area (Å²) in [5.41, 5.74) is 0. The van der Waals surface area contributed by atoms with E-state index in [2.05, 4.69) is 15.5 Å². The Labute approximate surface area is 133 Å². The van der Waals surface area contributed by atoms with Gasteiger partial charge >= 0.3 is 6.18 Å². The number of hydrogen-bond donors (Lipinski definition) is 1. The Kier molecular flexibility index (Phi) is 5.31. The number of carbonyl (C=O) groups excluding carboxylic acids is 1. The van der Waals surface area contributed by atoms with E-state index in [1.165, 1.54) is 0 Å². The molecule has 1 fully saturated rings. The molecule has 0 spiro atoms. The number of alkyl halides is 3. The van der Waals surface area contributed by atoms with E-state index in [0.717, 1.165) is 0 Å². The van der Waals surface area contributed by atoms with Crippen molar-refractivity contribution in [2.24, 2.45) is 17.8 Å². The minimum absolute atomic E-state index is 0.0131. The van der Waals surface area contributed by atoms with Crippen molar-refractivity contribution in [1.29, 1.82) is 0 Å². The maximum Gasteiger partial charge on any atom is 0.391 e. The summed E-state index contributed by atoms with van der Waals surface area (Å²) >= 11 is 0. The third-order valence-electron chi connectivity index (χ3n) is 4.28. The molecule has 0 saturated heterocycles. The fourth-order valence-corrected chi connectivity index (χ4v) is 2.95. The molecule has 5 nitrogen and oxygen atoms in total. The number of rotatable bonds is 4. The molecule has 1 amide bonds. The highest BCUT2D eigenvalue weighted by Crippen LogP contribution is 2.40. The van der Waals surface area contributed by atoms with E-state index in [4.69, 9.17) is 4.52 Å². The van der Waals surface area contributed by atoms with Crippen LogP contribution in [0.15, 0.2) is 4.52 Å². The Morgan fingerprint density at radius 2 is 2.04 bits per heavy atom. The van der Waals surface area contributed by atoms with Gasteiger partial charge in [0.1, 0.15) is 6.04 Å². The average Bonchev–Trinajstić information content (AvgIpc) is 2.89. The molecular formula is C15H22F3N3O2. The van der Waals surface area contributed by atoms with Crippen molar-refractivity contribution in [2.75, 3.05) is 0 Å². The summed E-state index contributed by atoms with van der Waals surface area (Å²) in [6.07, 6.45) is -3.40. The largest absolute Gasteiger partial charge is 0.391 e. The summed E-state index contributed by atoms with van der Waals surface area (Å²) in [5, 5.41) is 6.48. The molecule has 1 aromatic rings. The second kappa shape index (κ2) is 6.88. The summed E-state index contributed by atoms with van der Waals surface area (Å²) < 4.78 is 43.7. The fourth-order valence-electron chi connectivity index (χ4n) is 2.95. The molecule has 0 bridgehead atoms. The van der Waals surface area contributed by atoms with Crippen LogP contribution in [-0.4, -0.2) is 22.2 Å². The smallest absolute Gasteiger partial charge is 0.344 e. The summed E-state index contributed by atoms with van der Waals surface area (Å²) in [5.74, 6) is -1.66. The first kappa shape index (κ1) is 17.7. The Hall–Kier alpha value is -1.60. The van der Waals surface area contributed by atoms with Gasteiger partial charge in [0.2, 0.25) is 11.8 Å². The molecule has 23 heavy (non-hydrogen) atoms. The topological polar surface area (TPSA) is 68.0 Å². The summed E-state index contributed by atoms with van der Waals surface area (Å²) in [4.78, 5) is 16.5. The van der Waals surface area contributed by atoms with Crippen LogP contribution in [0.5, 0.6) is 0 Å². The highest BCUT2D eigenvalue weighted by atomic mass is 19.4. The van der Waals surface area contributed by atoms with Crippen LogP contribution < -0.4 is 5.32 Å². The standard InChI is InChI=1S/C15H22F3N3O2/c1-8(2)12(14-19-9(3)21-23-14)20-13(22)10-5-4-6-11(7-10)15(16,17)18/h8,10-12H,4-7H2,1-3H3,(H,20,22)/t10-,11+,12+/m0/s1. The third-order valence-corrected chi connectivity index (χ3v) is 4.28. The predicted molar refractivity (Wildman–Crippen MR) is 76.3 cm³/mol. The van der Waals surface area contributed by atoms with Gasteiger partial charge in [-0.05, 0) is 32.1 Å². The molecule has 0 radical (unpaired) electrons. The zero-order valence-corrected chi connectivity index (χ0v) is 13.5. The van der Waals surface area contributed by atoms with Crippen molar-refractivity contribution in [3.8, 4) is 0 Å². The predicted octanol–water partition coefficient (Wildman–Crippen LogP) is 3.56. The monoisotopic (exact) mass is 333 g/mol. The van der Waals surface area contributed by atoms with Crippen LogP contribution >= 0.6 is 0 Å². The number of halogens is 3. The molecule has 0 aliphatic heterocycles. The first-order valence-corrected chi connectivity index (χ1v) is 7.85. The number of aromatic nitrogens is 2. The lowest BCUT2D eigenvalue weighted by molar-refractivity contribution is -0.186. The summed E-state index contributed by atoms with van der Waals surface area (Å²) in [6, 6.07) is -0.491. The number of aryl methyl sites for hydroxylation is 1. The van der Waals surface area contributed by atoms with E-state index in [-0.39, 0.29) is 30.6 Å². The number of nitrogens with one attached hydrogen (secondary N) is 1. The van der Waals surface area contributed by atoms with Gasteiger partial charge in [0.05, 0.1) is 5.92 Å². The molecule has 2 rings (SSSR count). The van der Waals surface area contributed by atoms with Crippen LogP contribution in [0.2, 0.25) is 0 Å². The van der Waals surface area contributed by atoms with E-state index < -0.39 is 24.1 Å². The Morgan fingerprint density at radius 3 is 2.57 bits per heavy atom. The molecule has 1 aromatic heterocycles. The quantitative estimate of drug-likeness (QED) is 0.915. The molecule has 8 heteroatoms. The molecular weight excluding hydrogens is 311 g/mol. The fraction of sp³-hybridized carbons (Fsp3) is 0.800.